The first-order valence-corrected chi connectivity index (χ1v) is 10.7. The molecule has 3 rings (SSSR count). The molecule has 6 heteroatoms. The summed E-state index contributed by atoms with van der Waals surface area (Å²) in [7, 11) is 0. The lowest BCUT2D eigenvalue weighted by Crippen LogP contribution is -2.45. The molecule has 0 radical (unpaired) electrons. The van der Waals surface area contributed by atoms with E-state index in [1.54, 1.807) is 0 Å². The van der Waals surface area contributed by atoms with Gasteiger partial charge < -0.3 is 15.0 Å². The van der Waals surface area contributed by atoms with Crippen molar-refractivity contribution in [1.82, 2.24) is 10.2 Å². The van der Waals surface area contributed by atoms with Gasteiger partial charge in [-0.2, -0.15) is 0 Å². The highest BCUT2D eigenvalue weighted by molar-refractivity contribution is 5.88. The van der Waals surface area contributed by atoms with E-state index >= 15 is 0 Å². The number of benzene rings is 1. The van der Waals surface area contributed by atoms with E-state index in [1.807, 2.05) is 35.2 Å². The van der Waals surface area contributed by atoms with Crippen molar-refractivity contribution in [1.29, 1.82) is 0 Å². The lowest BCUT2D eigenvalue weighted by molar-refractivity contribution is -0.152. The number of nitrogens with one attached hydrogen (secondary N) is 1. The number of esters is 1. The molecule has 6 nitrogen and oxygen atoms in total. The van der Waals surface area contributed by atoms with Gasteiger partial charge in [0.15, 0.2) is 6.61 Å². The SMILES string of the molecule is C[C@@H]1[C@H](C)CCC[C@@H]1N1C[C@H](C(=O)OCC(=O)NCCc2ccccc2)CC1=O. The van der Waals surface area contributed by atoms with E-state index in [1.165, 1.54) is 6.42 Å². The first-order valence-electron chi connectivity index (χ1n) is 10.7. The molecule has 158 valence electrons. The number of carbonyl (C=O) groups is 3. The molecule has 1 N–H and O–H groups in total. The van der Waals surface area contributed by atoms with E-state index in [4.69, 9.17) is 4.74 Å². The Hall–Kier alpha value is -2.37. The molecule has 0 unspecified atom stereocenters. The van der Waals surface area contributed by atoms with Gasteiger partial charge in [-0.15, -0.1) is 0 Å². The third-order valence-electron chi connectivity index (χ3n) is 6.48. The van der Waals surface area contributed by atoms with Gasteiger partial charge >= 0.3 is 5.97 Å². The van der Waals surface area contributed by atoms with Crippen molar-refractivity contribution >= 4 is 17.8 Å². The summed E-state index contributed by atoms with van der Waals surface area (Å²) in [5.74, 6) is -0.167. The Morgan fingerprint density at radius 2 is 1.93 bits per heavy atom. The van der Waals surface area contributed by atoms with E-state index in [9.17, 15) is 14.4 Å². The molecule has 1 aliphatic carbocycles. The molecule has 29 heavy (non-hydrogen) atoms. The Kier molecular flexibility index (Phi) is 7.29. The highest BCUT2D eigenvalue weighted by Gasteiger charge is 2.42. The lowest BCUT2D eigenvalue weighted by atomic mass is 9.77. The third-order valence-corrected chi connectivity index (χ3v) is 6.48. The number of carbonyl (C=O) groups excluding carboxylic acids is 3. The van der Waals surface area contributed by atoms with Gasteiger partial charge in [0, 0.05) is 25.6 Å². The van der Waals surface area contributed by atoms with Gasteiger partial charge in [0.1, 0.15) is 0 Å². The van der Waals surface area contributed by atoms with E-state index in [0.29, 0.717) is 24.9 Å². The van der Waals surface area contributed by atoms with Crippen LogP contribution in [0, 0.1) is 17.8 Å². The smallest absolute Gasteiger partial charge is 0.311 e. The van der Waals surface area contributed by atoms with Crippen molar-refractivity contribution in [2.24, 2.45) is 17.8 Å². The van der Waals surface area contributed by atoms with Crippen LogP contribution in [0.4, 0.5) is 0 Å². The zero-order valence-electron chi connectivity index (χ0n) is 17.4. The van der Waals surface area contributed by atoms with Crippen LogP contribution in [0.2, 0.25) is 0 Å². The second kappa shape index (κ2) is 9.90. The maximum Gasteiger partial charge on any atom is 0.311 e. The minimum absolute atomic E-state index is 0.0326. The van der Waals surface area contributed by atoms with Crippen LogP contribution in [0.1, 0.15) is 45.1 Å². The number of nitrogens with zero attached hydrogens (tertiary/aromatic N) is 1. The van der Waals surface area contributed by atoms with Crippen molar-refractivity contribution in [2.45, 2.75) is 52.0 Å². The van der Waals surface area contributed by atoms with Crippen molar-refractivity contribution in [3.63, 3.8) is 0 Å². The summed E-state index contributed by atoms with van der Waals surface area (Å²) in [5.41, 5.74) is 1.14. The van der Waals surface area contributed by atoms with Crippen LogP contribution in [0.5, 0.6) is 0 Å². The Labute approximate surface area is 173 Å². The molecule has 4 atom stereocenters. The third kappa shape index (κ3) is 5.58. The molecule has 0 spiro atoms. The Balaban J connectivity index is 1.40. The van der Waals surface area contributed by atoms with Gasteiger partial charge in [-0.05, 0) is 30.2 Å². The molecular weight excluding hydrogens is 368 g/mol. The summed E-state index contributed by atoms with van der Waals surface area (Å²) in [6, 6.07) is 10.1. The molecule has 1 aromatic carbocycles. The first-order chi connectivity index (χ1) is 14.0. The fourth-order valence-corrected chi connectivity index (χ4v) is 4.50. The summed E-state index contributed by atoms with van der Waals surface area (Å²) in [6.45, 7) is 5.05. The summed E-state index contributed by atoms with van der Waals surface area (Å²) >= 11 is 0. The number of hydrogen-bond donors (Lipinski definition) is 1. The Morgan fingerprint density at radius 1 is 1.17 bits per heavy atom. The summed E-state index contributed by atoms with van der Waals surface area (Å²) < 4.78 is 5.19. The van der Waals surface area contributed by atoms with Crippen LogP contribution in [-0.2, 0) is 25.5 Å². The predicted octanol–water partition coefficient (Wildman–Crippen LogP) is 2.56. The molecule has 1 saturated carbocycles. The van der Waals surface area contributed by atoms with Crippen LogP contribution in [0.25, 0.3) is 0 Å². The van der Waals surface area contributed by atoms with Crippen molar-refractivity contribution in [3.05, 3.63) is 35.9 Å². The Bertz CT molecular complexity index is 721. The highest BCUT2D eigenvalue weighted by atomic mass is 16.5. The van der Waals surface area contributed by atoms with Crippen LogP contribution in [-0.4, -0.2) is 48.4 Å². The maximum absolute atomic E-state index is 12.5. The summed E-state index contributed by atoms with van der Waals surface area (Å²) in [4.78, 5) is 38.7. The van der Waals surface area contributed by atoms with Crippen LogP contribution in [0.15, 0.2) is 30.3 Å². The average molecular weight is 401 g/mol. The van der Waals surface area contributed by atoms with Gasteiger partial charge in [0.25, 0.3) is 5.91 Å². The van der Waals surface area contributed by atoms with Crippen molar-refractivity contribution in [3.8, 4) is 0 Å². The average Bonchev–Trinajstić information content (AvgIpc) is 3.10. The molecule has 2 aliphatic rings. The van der Waals surface area contributed by atoms with Crippen molar-refractivity contribution in [2.75, 3.05) is 19.7 Å². The molecule has 2 amide bonds. The molecule has 1 heterocycles. The van der Waals surface area contributed by atoms with Crippen LogP contribution >= 0.6 is 0 Å². The first kappa shape index (κ1) is 21.3. The molecule has 1 saturated heterocycles. The van der Waals surface area contributed by atoms with E-state index in [-0.39, 0.29) is 30.9 Å². The number of amides is 2. The number of ether oxygens (including phenoxy) is 1. The predicted molar refractivity (Wildman–Crippen MR) is 110 cm³/mol. The number of rotatable bonds is 7. The fourth-order valence-electron chi connectivity index (χ4n) is 4.50. The molecular formula is C23H32N2O4. The topological polar surface area (TPSA) is 75.7 Å². The van der Waals surface area contributed by atoms with E-state index in [0.717, 1.165) is 24.8 Å². The van der Waals surface area contributed by atoms with E-state index < -0.39 is 11.9 Å². The van der Waals surface area contributed by atoms with Gasteiger partial charge in [-0.25, -0.2) is 0 Å². The molecule has 1 aromatic rings. The molecule has 1 aliphatic heterocycles. The van der Waals surface area contributed by atoms with Gasteiger partial charge in [-0.3, -0.25) is 14.4 Å². The zero-order chi connectivity index (χ0) is 20.8. The second-order valence-corrected chi connectivity index (χ2v) is 8.48. The fraction of sp³-hybridized carbons (Fsp3) is 0.609. The number of hydrogen-bond acceptors (Lipinski definition) is 4. The van der Waals surface area contributed by atoms with Gasteiger partial charge in [-0.1, -0.05) is 57.0 Å². The quantitative estimate of drug-likeness (QED) is 0.714. The highest BCUT2D eigenvalue weighted by Crippen LogP contribution is 2.35. The van der Waals surface area contributed by atoms with Crippen LogP contribution < -0.4 is 5.32 Å². The largest absolute Gasteiger partial charge is 0.455 e. The van der Waals surface area contributed by atoms with Gasteiger partial charge in [0.2, 0.25) is 5.91 Å². The Morgan fingerprint density at radius 3 is 2.69 bits per heavy atom. The summed E-state index contributed by atoms with van der Waals surface area (Å²) in [5, 5.41) is 2.76. The monoisotopic (exact) mass is 400 g/mol. The molecule has 0 bridgehead atoms. The van der Waals surface area contributed by atoms with E-state index in [2.05, 4.69) is 19.2 Å². The zero-order valence-corrected chi connectivity index (χ0v) is 17.4. The maximum atomic E-state index is 12.5. The lowest BCUT2D eigenvalue weighted by Gasteiger charge is -2.39. The molecule has 0 aromatic heterocycles. The standard InChI is InChI=1S/C23H32N2O4/c1-16-7-6-10-20(17(16)2)25-14-19(13-22(25)27)23(28)29-15-21(26)24-12-11-18-8-4-3-5-9-18/h3-5,8-9,16-17,19-20H,6-7,10-15H2,1-2H3,(H,24,26)/t16-,17-,19-,20+/m1/s1. The van der Waals surface area contributed by atoms with Crippen LogP contribution in [0.3, 0.4) is 0 Å². The van der Waals surface area contributed by atoms with Gasteiger partial charge in [0.05, 0.1) is 5.92 Å². The minimum atomic E-state index is -0.468. The molecule has 2 fully saturated rings. The minimum Gasteiger partial charge on any atom is -0.455 e. The van der Waals surface area contributed by atoms with Crippen molar-refractivity contribution < 1.29 is 19.1 Å². The summed E-state index contributed by atoms with van der Waals surface area (Å²) in [6.07, 6.45) is 4.24. The number of likely N-dealkylation sites (tertiary alicyclic amines) is 1. The normalized spacial score (nSPS) is 27.0. The second-order valence-electron chi connectivity index (χ2n) is 8.48.